The molecule has 2 rings (SSSR count). The molecular weight excluding hydrogens is 250 g/mol. The lowest BCUT2D eigenvalue weighted by Gasteiger charge is -2.10. The summed E-state index contributed by atoms with van der Waals surface area (Å²) in [6.45, 7) is 5.59. The average molecular weight is 271 g/mol. The van der Waals surface area contributed by atoms with Crippen molar-refractivity contribution >= 4 is 0 Å². The SMILES string of the molecule is CC(C)NCc1ccc(OCc2cccc(O)c2)cc1. The quantitative estimate of drug-likeness (QED) is 0.845. The molecule has 0 saturated carbocycles. The molecule has 2 aromatic rings. The number of phenolic OH excluding ortho intramolecular Hbond substituents is 1. The smallest absolute Gasteiger partial charge is 0.119 e. The molecule has 2 aromatic carbocycles. The standard InChI is InChI=1S/C17H21NO2/c1-13(2)18-11-14-6-8-17(9-7-14)20-12-15-4-3-5-16(19)10-15/h3-10,13,18-19H,11-12H2,1-2H3. The third kappa shape index (κ3) is 4.59. The van der Waals surface area contributed by atoms with Crippen molar-refractivity contribution in [3.05, 3.63) is 59.7 Å². The van der Waals surface area contributed by atoms with Crippen molar-refractivity contribution in [3.8, 4) is 11.5 Å². The van der Waals surface area contributed by atoms with Gasteiger partial charge in [-0.15, -0.1) is 0 Å². The first-order valence-corrected chi connectivity index (χ1v) is 6.86. The van der Waals surface area contributed by atoms with Crippen LogP contribution in [-0.2, 0) is 13.2 Å². The fourth-order valence-electron chi connectivity index (χ4n) is 1.84. The van der Waals surface area contributed by atoms with E-state index >= 15 is 0 Å². The van der Waals surface area contributed by atoms with Gasteiger partial charge < -0.3 is 15.2 Å². The maximum absolute atomic E-state index is 9.39. The summed E-state index contributed by atoms with van der Waals surface area (Å²) in [4.78, 5) is 0. The molecule has 3 heteroatoms. The van der Waals surface area contributed by atoms with Gasteiger partial charge in [-0.1, -0.05) is 38.1 Å². The van der Waals surface area contributed by atoms with Crippen molar-refractivity contribution in [3.63, 3.8) is 0 Å². The molecule has 0 fully saturated rings. The van der Waals surface area contributed by atoms with E-state index < -0.39 is 0 Å². The summed E-state index contributed by atoms with van der Waals surface area (Å²) in [5, 5.41) is 12.8. The highest BCUT2D eigenvalue weighted by Gasteiger charge is 1.99. The maximum Gasteiger partial charge on any atom is 0.119 e. The molecule has 0 amide bonds. The Morgan fingerprint density at radius 1 is 1.05 bits per heavy atom. The van der Waals surface area contributed by atoms with Crippen LogP contribution in [0.4, 0.5) is 0 Å². The molecule has 0 aliphatic carbocycles. The second-order valence-corrected chi connectivity index (χ2v) is 5.14. The average Bonchev–Trinajstić information content (AvgIpc) is 2.44. The molecule has 0 aliphatic rings. The zero-order valence-electron chi connectivity index (χ0n) is 12.0. The van der Waals surface area contributed by atoms with Gasteiger partial charge in [0.15, 0.2) is 0 Å². The Labute approximate surface area is 120 Å². The van der Waals surface area contributed by atoms with Gasteiger partial charge in [0.1, 0.15) is 18.1 Å². The minimum absolute atomic E-state index is 0.265. The molecular formula is C17H21NO2. The molecule has 0 aromatic heterocycles. The normalized spacial score (nSPS) is 10.8. The summed E-state index contributed by atoms with van der Waals surface area (Å²) >= 11 is 0. The van der Waals surface area contributed by atoms with Crippen LogP contribution in [0.3, 0.4) is 0 Å². The molecule has 0 atom stereocenters. The van der Waals surface area contributed by atoms with E-state index in [2.05, 4.69) is 31.3 Å². The van der Waals surface area contributed by atoms with E-state index in [1.807, 2.05) is 24.3 Å². The monoisotopic (exact) mass is 271 g/mol. The molecule has 0 radical (unpaired) electrons. The van der Waals surface area contributed by atoms with E-state index in [0.717, 1.165) is 17.9 Å². The van der Waals surface area contributed by atoms with Crippen molar-refractivity contribution in [1.29, 1.82) is 0 Å². The van der Waals surface area contributed by atoms with Crippen LogP contribution >= 0.6 is 0 Å². The van der Waals surface area contributed by atoms with E-state index in [1.165, 1.54) is 5.56 Å². The lowest BCUT2D eigenvalue weighted by Crippen LogP contribution is -2.21. The first-order chi connectivity index (χ1) is 9.63. The third-order valence-electron chi connectivity index (χ3n) is 2.95. The largest absolute Gasteiger partial charge is 0.508 e. The Kier molecular flexibility index (Phi) is 5.02. The van der Waals surface area contributed by atoms with Crippen LogP contribution in [0, 0.1) is 0 Å². The van der Waals surface area contributed by atoms with Gasteiger partial charge in [0.25, 0.3) is 0 Å². The van der Waals surface area contributed by atoms with E-state index in [-0.39, 0.29) is 5.75 Å². The predicted molar refractivity (Wildman–Crippen MR) is 80.9 cm³/mol. The maximum atomic E-state index is 9.39. The highest BCUT2D eigenvalue weighted by atomic mass is 16.5. The fourth-order valence-corrected chi connectivity index (χ4v) is 1.84. The van der Waals surface area contributed by atoms with E-state index in [9.17, 15) is 5.11 Å². The number of aromatic hydroxyl groups is 1. The number of benzene rings is 2. The van der Waals surface area contributed by atoms with E-state index in [1.54, 1.807) is 12.1 Å². The Hall–Kier alpha value is -2.00. The van der Waals surface area contributed by atoms with Crippen molar-refractivity contribution in [2.24, 2.45) is 0 Å². The number of hydrogen-bond donors (Lipinski definition) is 2. The van der Waals surface area contributed by atoms with Crippen LogP contribution in [0.15, 0.2) is 48.5 Å². The van der Waals surface area contributed by atoms with Crippen LogP contribution in [0.25, 0.3) is 0 Å². The first kappa shape index (κ1) is 14.4. The Morgan fingerprint density at radius 3 is 2.45 bits per heavy atom. The molecule has 106 valence electrons. The lowest BCUT2D eigenvalue weighted by molar-refractivity contribution is 0.305. The Morgan fingerprint density at radius 2 is 1.80 bits per heavy atom. The molecule has 2 N–H and O–H groups in total. The predicted octanol–water partition coefficient (Wildman–Crippen LogP) is 3.47. The highest BCUT2D eigenvalue weighted by Crippen LogP contribution is 2.16. The minimum Gasteiger partial charge on any atom is -0.508 e. The van der Waals surface area contributed by atoms with Gasteiger partial charge >= 0.3 is 0 Å². The highest BCUT2D eigenvalue weighted by molar-refractivity contribution is 5.29. The molecule has 20 heavy (non-hydrogen) atoms. The first-order valence-electron chi connectivity index (χ1n) is 6.86. The fraction of sp³-hybridized carbons (Fsp3) is 0.294. The van der Waals surface area contributed by atoms with Crippen LogP contribution < -0.4 is 10.1 Å². The summed E-state index contributed by atoms with van der Waals surface area (Å²) < 4.78 is 5.70. The molecule has 0 aliphatic heterocycles. The van der Waals surface area contributed by atoms with Gasteiger partial charge in [-0.3, -0.25) is 0 Å². The summed E-state index contributed by atoms with van der Waals surface area (Å²) in [5.74, 6) is 1.10. The minimum atomic E-state index is 0.265. The molecule has 0 heterocycles. The molecule has 0 spiro atoms. The number of phenols is 1. The van der Waals surface area contributed by atoms with Gasteiger partial charge in [0, 0.05) is 12.6 Å². The zero-order chi connectivity index (χ0) is 14.4. The van der Waals surface area contributed by atoms with Gasteiger partial charge in [0.2, 0.25) is 0 Å². The number of ether oxygens (including phenoxy) is 1. The summed E-state index contributed by atoms with van der Waals surface area (Å²) in [5.41, 5.74) is 2.19. The molecule has 0 unspecified atom stereocenters. The van der Waals surface area contributed by atoms with Crippen LogP contribution in [0.2, 0.25) is 0 Å². The van der Waals surface area contributed by atoms with Crippen LogP contribution in [-0.4, -0.2) is 11.1 Å². The summed E-state index contributed by atoms with van der Waals surface area (Å²) in [6, 6.07) is 15.7. The van der Waals surface area contributed by atoms with Crippen molar-refractivity contribution in [2.75, 3.05) is 0 Å². The summed E-state index contributed by atoms with van der Waals surface area (Å²) in [6.07, 6.45) is 0. The number of nitrogens with one attached hydrogen (secondary N) is 1. The van der Waals surface area contributed by atoms with Crippen molar-refractivity contribution in [2.45, 2.75) is 33.0 Å². The topological polar surface area (TPSA) is 41.5 Å². The summed E-state index contributed by atoms with van der Waals surface area (Å²) in [7, 11) is 0. The van der Waals surface area contributed by atoms with E-state index in [0.29, 0.717) is 12.6 Å². The van der Waals surface area contributed by atoms with Gasteiger partial charge in [-0.25, -0.2) is 0 Å². The Balaban J connectivity index is 1.87. The lowest BCUT2D eigenvalue weighted by atomic mass is 10.2. The van der Waals surface area contributed by atoms with Gasteiger partial charge in [-0.2, -0.15) is 0 Å². The molecule has 3 nitrogen and oxygen atoms in total. The third-order valence-corrected chi connectivity index (χ3v) is 2.95. The Bertz CT molecular complexity index is 535. The van der Waals surface area contributed by atoms with Gasteiger partial charge in [0.05, 0.1) is 0 Å². The second-order valence-electron chi connectivity index (χ2n) is 5.14. The van der Waals surface area contributed by atoms with E-state index in [4.69, 9.17) is 4.74 Å². The zero-order valence-corrected chi connectivity index (χ0v) is 12.0. The van der Waals surface area contributed by atoms with Crippen LogP contribution in [0.5, 0.6) is 11.5 Å². The van der Waals surface area contributed by atoms with Crippen molar-refractivity contribution < 1.29 is 9.84 Å². The molecule has 0 bridgehead atoms. The molecule has 0 saturated heterocycles. The van der Waals surface area contributed by atoms with Crippen LogP contribution in [0.1, 0.15) is 25.0 Å². The second kappa shape index (κ2) is 6.96. The van der Waals surface area contributed by atoms with Gasteiger partial charge in [-0.05, 0) is 35.4 Å². The number of rotatable bonds is 6. The van der Waals surface area contributed by atoms with Crippen molar-refractivity contribution in [1.82, 2.24) is 5.32 Å². The number of hydrogen-bond acceptors (Lipinski definition) is 3.